The highest BCUT2D eigenvalue weighted by Crippen LogP contribution is 2.28. The number of hydrogen-bond acceptors (Lipinski definition) is 5. The highest BCUT2D eigenvalue weighted by atomic mass is 35.5. The Kier molecular flexibility index (Phi) is 5.01. The summed E-state index contributed by atoms with van der Waals surface area (Å²) in [5.41, 5.74) is 1.53. The van der Waals surface area contributed by atoms with Crippen molar-refractivity contribution in [2.45, 2.75) is 20.0 Å². The van der Waals surface area contributed by atoms with Crippen LogP contribution in [0.3, 0.4) is 0 Å². The van der Waals surface area contributed by atoms with Crippen molar-refractivity contribution in [1.82, 2.24) is 4.98 Å². The van der Waals surface area contributed by atoms with Crippen molar-refractivity contribution < 1.29 is 14.3 Å². The van der Waals surface area contributed by atoms with Gasteiger partial charge in [0.05, 0.1) is 32.5 Å². The van der Waals surface area contributed by atoms with Crippen molar-refractivity contribution in [3.63, 3.8) is 0 Å². The SMILES string of the molecule is CC(C)OC(=O)c1ccc2nc(NC(=O)c3ccccc3Cl)sc2c1. The molecule has 0 radical (unpaired) electrons. The summed E-state index contributed by atoms with van der Waals surface area (Å²) in [5.74, 6) is -0.712. The lowest BCUT2D eigenvalue weighted by atomic mass is 10.2. The van der Waals surface area contributed by atoms with Crippen LogP contribution in [0.5, 0.6) is 0 Å². The number of anilines is 1. The molecule has 0 spiro atoms. The number of hydrogen-bond donors (Lipinski definition) is 1. The van der Waals surface area contributed by atoms with E-state index in [4.69, 9.17) is 16.3 Å². The van der Waals surface area contributed by atoms with Gasteiger partial charge in [0.25, 0.3) is 5.91 Å². The first-order valence-electron chi connectivity index (χ1n) is 7.61. The van der Waals surface area contributed by atoms with Gasteiger partial charge in [-0.3, -0.25) is 10.1 Å². The summed E-state index contributed by atoms with van der Waals surface area (Å²) >= 11 is 7.31. The van der Waals surface area contributed by atoms with Gasteiger partial charge in [-0.2, -0.15) is 0 Å². The lowest BCUT2D eigenvalue weighted by Crippen LogP contribution is -2.11. The smallest absolute Gasteiger partial charge is 0.338 e. The van der Waals surface area contributed by atoms with E-state index in [-0.39, 0.29) is 18.0 Å². The van der Waals surface area contributed by atoms with Gasteiger partial charge in [0.1, 0.15) is 0 Å². The van der Waals surface area contributed by atoms with Crippen LogP contribution in [0.1, 0.15) is 34.6 Å². The Morgan fingerprint density at radius 2 is 1.96 bits per heavy atom. The maximum atomic E-state index is 12.3. The van der Waals surface area contributed by atoms with E-state index >= 15 is 0 Å². The first-order chi connectivity index (χ1) is 11.9. The number of ether oxygens (including phenoxy) is 1. The van der Waals surface area contributed by atoms with Gasteiger partial charge in [0.2, 0.25) is 0 Å². The lowest BCUT2D eigenvalue weighted by molar-refractivity contribution is 0.0378. The number of rotatable bonds is 4. The molecule has 3 aromatic rings. The number of amides is 1. The minimum absolute atomic E-state index is 0.185. The van der Waals surface area contributed by atoms with Gasteiger partial charge in [0, 0.05) is 0 Å². The molecular formula is C18H15ClN2O3S. The Morgan fingerprint density at radius 1 is 1.20 bits per heavy atom. The summed E-state index contributed by atoms with van der Waals surface area (Å²) in [6.07, 6.45) is -0.185. The van der Waals surface area contributed by atoms with Gasteiger partial charge in [0.15, 0.2) is 5.13 Å². The fourth-order valence-electron chi connectivity index (χ4n) is 2.20. The molecule has 0 bridgehead atoms. The number of carbonyl (C=O) groups is 2. The van der Waals surface area contributed by atoms with E-state index in [1.165, 1.54) is 11.3 Å². The summed E-state index contributed by atoms with van der Waals surface area (Å²) < 4.78 is 5.97. The van der Waals surface area contributed by atoms with Crippen LogP contribution in [0, 0.1) is 0 Å². The average molecular weight is 375 g/mol. The van der Waals surface area contributed by atoms with Gasteiger partial charge in [-0.15, -0.1) is 0 Å². The van der Waals surface area contributed by atoms with Crippen LogP contribution in [-0.2, 0) is 4.74 Å². The second-order valence-electron chi connectivity index (χ2n) is 5.59. The van der Waals surface area contributed by atoms with Crippen molar-refractivity contribution in [1.29, 1.82) is 0 Å². The Bertz CT molecular complexity index is 952. The fourth-order valence-corrected chi connectivity index (χ4v) is 3.32. The van der Waals surface area contributed by atoms with Crippen LogP contribution in [0.2, 0.25) is 5.02 Å². The predicted octanol–water partition coefficient (Wildman–Crippen LogP) is 4.77. The summed E-state index contributed by atoms with van der Waals surface area (Å²) in [7, 11) is 0. The van der Waals surface area contributed by atoms with Crippen LogP contribution in [-0.4, -0.2) is 23.0 Å². The lowest BCUT2D eigenvalue weighted by Gasteiger charge is -2.07. The van der Waals surface area contributed by atoms with Crippen molar-refractivity contribution >= 4 is 50.2 Å². The second-order valence-corrected chi connectivity index (χ2v) is 7.03. The van der Waals surface area contributed by atoms with Gasteiger partial charge in [-0.05, 0) is 44.2 Å². The number of nitrogens with zero attached hydrogens (tertiary/aromatic N) is 1. The number of carbonyl (C=O) groups excluding carboxylic acids is 2. The Labute approximate surface area is 153 Å². The van der Waals surface area contributed by atoms with Crippen molar-refractivity contribution in [3.8, 4) is 0 Å². The van der Waals surface area contributed by atoms with Gasteiger partial charge < -0.3 is 4.74 Å². The molecule has 1 amide bonds. The topological polar surface area (TPSA) is 68.3 Å². The molecular weight excluding hydrogens is 360 g/mol. The third-order valence-corrected chi connectivity index (χ3v) is 4.57. The van der Waals surface area contributed by atoms with Crippen LogP contribution < -0.4 is 5.32 Å². The van der Waals surface area contributed by atoms with Gasteiger partial charge in [-0.1, -0.05) is 35.1 Å². The first kappa shape index (κ1) is 17.4. The van der Waals surface area contributed by atoms with E-state index in [9.17, 15) is 9.59 Å². The van der Waals surface area contributed by atoms with E-state index in [0.717, 1.165) is 4.70 Å². The number of aromatic nitrogens is 1. The summed E-state index contributed by atoms with van der Waals surface area (Å²) in [4.78, 5) is 28.6. The zero-order chi connectivity index (χ0) is 18.0. The zero-order valence-electron chi connectivity index (χ0n) is 13.6. The Hall–Kier alpha value is -2.44. The molecule has 1 aromatic heterocycles. The number of halogens is 1. The molecule has 3 rings (SSSR count). The number of esters is 1. The Balaban J connectivity index is 1.83. The molecule has 0 unspecified atom stereocenters. The fraction of sp³-hybridized carbons (Fsp3) is 0.167. The van der Waals surface area contributed by atoms with Crippen molar-refractivity contribution in [2.75, 3.05) is 5.32 Å². The van der Waals surface area contributed by atoms with E-state index < -0.39 is 0 Å². The highest BCUT2D eigenvalue weighted by Gasteiger charge is 2.15. The molecule has 5 nitrogen and oxygen atoms in total. The third-order valence-electron chi connectivity index (χ3n) is 3.31. The third kappa shape index (κ3) is 3.97. The van der Waals surface area contributed by atoms with E-state index in [0.29, 0.717) is 26.8 Å². The van der Waals surface area contributed by atoms with Crippen LogP contribution in [0.25, 0.3) is 10.2 Å². The molecule has 25 heavy (non-hydrogen) atoms. The Morgan fingerprint density at radius 3 is 2.68 bits per heavy atom. The van der Waals surface area contributed by atoms with E-state index in [1.54, 1.807) is 56.3 Å². The van der Waals surface area contributed by atoms with Crippen molar-refractivity contribution in [3.05, 3.63) is 58.6 Å². The quantitative estimate of drug-likeness (QED) is 0.668. The summed E-state index contributed by atoms with van der Waals surface area (Å²) in [6, 6.07) is 11.9. The highest BCUT2D eigenvalue weighted by molar-refractivity contribution is 7.22. The molecule has 128 valence electrons. The molecule has 1 heterocycles. The van der Waals surface area contributed by atoms with Crippen LogP contribution in [0.4, 0.5) is 5.13 Å². The van der Waals surface area contributed by atoms with Crippen molar-refractivity contribution in [2.24, 2.45) is 0 Å². The monoisotopic (exact) mass is 374 g/mol. The first-order valence-corrected chi connectivity index (χ1v) is 8.81. The van der Waals surface area contributed by atoms with E-state index in [1.807, 2.05) is 0 Å². The molecule has 7 heteroatoms. The summed E-state index contributed by atoms with van der Waals surface area (Å²) in [5, 5.41) is 3.55. The van der Waals surface area contributed by atoms with Crippen LogP contribution in [0.15, 0.2) is 42.5 Å². The maximum Gasteiger partial charge on any atom is 0.338 e. The molecule has 0 saturated heterocycles. The molecule has 0 aliphatic carbocycles. The van der Waals surface area contributed by atoms with Crippen LogP contribution >= 0.6 is 22.9 Å². The standard InChI is InChI=1S/C18H15ClN2O3S/c1-10(2)24-17(23)11-7-8-14-15(9-11)25-18(20-14)21-16(22)12-5-3-4-6-13(12)19/h3-10H,1-2H3,(H,20,21,22). The largest absolute Gasteiger partial charge is 0.459 e. The molecule has 1 N–H and O–H groups in total. The van der Waals surface area contributed by atoms with Gasteiger partial charge >= 0.3 is 5.97 Å². The molecule has 0 aliphatic rings. The normalized spacial score (nSPS) is 10.9. The minimum Gasteiger partial charge on any atom is -0.459 e. The summed E-state index contributed by atoms with van der Waals surface area (Å²) in [6.45, 7) is 3.59. The average Bonchev–Trinajstić information content (AvgIpc) is 2.95. The molecule has 0 atom stereocenters. The van der Waals surface area contributed by atoms with Gasteiger partial charge in [-0.25, -0.2) is 9.78 Å². The zero-order valence-corrected chi connectivity index (χ0v) is 15.1. The number of benzene rings is 2. The number of thiazole rings is 1. The molecule has 0 aliphatic heterocycles. The van der Waals surface area contributed by atoms with E-state index in [2.05, 4.69) is 10.3 Å². The molecule has 0 saturated carbocycles. The minimum atomic E-state index is -0.382. The maximum absolute atomic E-state index is 12.3. The number of fused-ring (bicyclic) bond motifs is 1. The molecule has 2 aromatic carbocycles. The predicted molar refractivity (Wildman–Crippen MR) is 99.6 cm³/mol. The number of nitrogens with one attached hydrogen (secondary N) is 1. The second kappa shape index (κ2) is 7.21. The molecule has 0 fully saturated rings.